The van der Waals surface area contributed by atoms with Crippen LogP contribution in [0.15, 0.2) is 34.2 Å². The minimum Gasteiger partial charge on any atom is -0.376 e. The molecule has 2 saturated heterocycles. The summed E-state index contributed by atoms with van der Waals surface area (Å²) in [7, 11) is 1.57. The van der Waals surface area contributed by atoms with E-state index in [1.54, 1.807) is 17.7 Å². The zero-order chi connectivity index (χ0) is 23.8. The molecule has 1 atom stereocenters. The smallest absolute Gasteiger partial charge is 0.318 e. The van der Waals surface area contributed by atoms with Crippen LogP contribution in [0.5, 0.6) is 0 Å². The molecular weight excluding hydrogens is 458 g/mol. The van der Waals surface area contributed by atoms with E-state index in [0.717, 1.165) is 31.8 Å². The highest BCUT2D eigenvalue weighted by molar-refractivity contribution is 6.31. The van der Waals surface area contributed by atoms with Gasteiger partial charge in [0.05, 0.1) is 23.3 Å². The van der Waals surface area contributed by atoms with Gasteiger partial charge in [0.15, 0.2) is 5.65 Å². The van der Waals surface area contributed by atoms with E-state index in [4.69, 9.17) is 16.3 Å². The number of fused-ring (bicyclic) bond motifs is 1. The van der Waals surface area contributed by atoms with Crippen molar-refractivity contribution in [1.29, 1.82) is 0 Å². The van der Waals surface area contributed by atoms with Gasteiger partial charge in [-0.1, -0.05) is 11.6 Å². The third-order valence-corrected chi connectivity index (χ3v) is 6.85. The Morgan fingerprint density at radius 1 is 1.06 bits per heavy atom. The van der Waals surface area contributed by atoms with Crippen LogP contribution in [0.25, 0.3) is 11.2 Å². The Morgan fingerprint density at radius 2 is 1.79 bits per heavy atom. The van der Waals surface area contributed by atoms with E-state index < -0.39 is 11.1 Å². The standard InChI is InChI=1S/C23H28ClN7O3/c1-15-13-29(7-8-34-15)14-16-10-26-23(27-11-16)30-5-3-18(4-6-30)31-20-19(9-17(24)12-25-20)28(2)21(32)22(31)33/h9-12,15,18H,3-8,13-14H2,1-2H3/t15-/m1/s1. The van der Waals surface area contributed by atoms with Gasteiger partial charge in [-0.15, -0.1) is 0 Å². The predicted octanol–water partition coefficient (Wildman–Crippen LogP) is 1.60. The van der Waals surface area contributed by atoms with E-state index in [1.807, 2.05) is 12.4 Å². The van der Waals surface area contributed by atoms with Crippen molar-refractivity contribution in [3.05, 3.63) is 56.0 Å². The molecule has 10 nitrogen and oxygen atoms in total. The van der Waals surface area contributed by atoms with E-state index in [2.05, 4.69) is 31.7 Å². The number of aryl methyl sites for hydroxylation is 1. The Balaban J connectivity index is 1.30. The maximum atomic E-state index is 12.9. The minimum absolute atomic E-state index is 0.128. The second-order valence-corrected chi connectivity index (χ2v) is 9.50. The first-order valence-corrected chi connectivity index (χ1v) is 11.9. The van der Waals surface area contributed by atoms with Gasteiger partial charge in [-0.05, 0) is 25.8 Å². The lowest BCUT2D eigenvalue weighted by Crippen LogP contribution is -2.45. The fourth-order valence-corrected chi connectivity index (χ4v) is 5.01. The molecule has 0 amide bonds. The summed E-state index contributed by atoms with van der Waals surface area (Å²) in [5.41, 5.74) is 0.977. The summed E-state index contributed by atoms with van der Waals surface area (Å²) >= 11 is 6.09. The summed E-state index contributed by atoms with van der Waals surface area (Å²) in [5.74, 6) is 0.684. The summed E-state index contributed by atoms with van der Waals surface area (Å²) in [5, 5.41) is 0.422. The fraction of sp³-hybridized carbons (Fsp3) is 0.522. The molecule has 0 bridgehead atoms. The maximum absolute atomic E-state index is 12.9. The van der Waals surface area contributed by atoms with Crippen LogP contribution in [0.2, 0.25) is 5.02 Å². The van der Waals surface area contributed by atoms with E-state index >= 15 is 0 Å². The van der Waals surface area contributed by atoms with Gasteiger partial charge < -0.3 is 14.2 Å². The van der Waals surface area contributed by atoms with Crippen molar-refractivity contribution in [3.63, 3.8) is 0 Å². The highest BCUT2D eigenvalue weighted by Crippen LogP contribution is 2.26. The van der Waals surface area contributed by atoms with Crippen LogP contribution in [0, 0.1) is 0 Å². The van der Waals surface area contributed by atoms with Gasteiger partial charge in [0.2, 0.25) is 5.95 Å². The van der Waals surface area contributed by atoms with Gasteiger partial charge in [0, 0.05) is 70.0 Å². The Morgan fingerprint density at radius 3 is 2.50 bits per heavy atom. The summed E-state index contributed by atoms with van der Waals surface area (Å²) in [6.45, 7) is 6.84. The van der Waals surface area contributed by atoms with Crippen molar-refractivity contribution in [2.24, 2.45) is 7.05 Å². The van der Waals surface area contributed by atoms with Crippen LogP contribution in [0.1, 0.15) is 31.4 Å². The van der Waals surface area contributed by atoms with Gasteiger partial charge in [0.25, 0.3) is 0 Å². The summed E-state index contributed by atoms with van der Waals surface area (Å²) in [6.07, 6.45) is 6.90. The quantitative estimate of drug-likeness (QED) is 0.514. The van der Waals surface area contributed by atoms with Crippen molar-refractivity contribution in [2.75, 3.05) is 37.7 Å². The summed E-state index contributed by atoms with van der Waals surface area (Å²) < 4.78 is 8.46. The maximum Gasteiger partial charge on any atom is 0.318 e. The Kier molecular flexibility index (Phi) is 6.37. The molecule has 180 valence electrons. The van der Waals surface area contributed by atoms with Crippen LogP contribution in [-0.4, -0.2) is 67.9 Å². The fourth-order valence-electron chi connectivity index (χ4n) is 4.85. The summed E-state index contributed by atoms with van der Waals surface area (Å²) in [6, 6.07) is 1.54. The van der Waals surface area contributed by atoms with Gasteiger partial charge in [-0.25, -0.2) is 15.0 Å². The molecule has 0 radical (unpaired) electrons. The number of piperidine rings is 1. The number of morpholine rings is 1. The molecule has 5 heterocycles. The zero-order valence-corrected chi connectivity index (χ0v) is 20.1. The number of halogens is 1. The number of ether oxygens (including phenoxy) is 1. The largest absolute Gasteiger partial charge is 0.376 e. The van der Waals surface area contributed by atoms with E-state index in [0.29, 0.717) is 48.1 Å². The first-order chi connectivity index (χ1) is 16.4. The molecule has 0 unspecified atom stereocenters. The van der Waals surface area contributed by atoms with Crippen molar-refractivity contribution in [2.45, 2.75) is 38.5 Å². The van der Waals surface area contributed by atoms with Crippen molar-refractivity contribution < 1.29 is 4.74 Å². The van der Waals surface area contributed by atoms with Crippen LogP contribution < -0.4 is 16.0 Å². The highest BCUT2D eigenvalue weighted by atomic mass is 35.5. The monoisotopic (exact) mass is 485 g/mol. The van der Waals surface area contributed by atoms with Gasteiger partial charge in [-0.2, -0.15) is 0 Å². The van der Waals surface area contributed by atoms with Crippen molar-refractivity contribution >= 4 is 28.7 Å². The molecule has 3 aromatic heterocycles. The van der Waals surface area contributed by atoms with Crippen molar-refractivity contribution in [3.8, 4) is 0 Å². The van der Waals surface area contributed by atoms with Gasteiger partial charge in [-0.3, -0.25) is 19.1 Å². The molecule has 0 aromatic carbocycles. The van der Waals surface area contributed by atoms with Crippen LogP contribution in [0.3, 0.4) is 0 Å². The normalized spacial score (nSPS) is 20.2. The molecule has 0 aliphatic carbocycles. The van der Waals surface area contributed by atoms with Gasteiger partial charge in [0.1, 0.15) is 0 Å². The number of anilines is 1. The first-order valence-electron chi connectivity index (χ1n) is 11.6. The lowest BCUT2D eigenvalue weighted by molar-refractivity contribution is -0.0212. The molecular formula is C23H28ClN7O3. The van der Waals surface area contributed by atoms with E-state index in [1.165, 1.54) is 10.8 Å². The number of aromatic nitrogens is 5. The molecule has 5 rings (SSSR count). The molecule has 2 fully saturated rings. The summed E-state index contributed by atoms with van der Waals surface area (Å²) in [4.78, 5) is 43.5. The molecule has 34 heavy (non-hydrogen) atoms. The second kappa shape index (κ2) is 9.44. The van der Waals surface area contributed by atoms with E-state index in [-0.39, 0.29) is 12.1 Å². The Bertz CT molecular complexity index is 1300. The minimum atomic E-state index is -0.576. The number of nitrogens with zero attached hydrogens (tertiary/aromatic N) is 7. The number of pyridine rings is 1. The van der Waals surface area contributed by atoms with Crippen molar-refractivity contribution in [1.82, 2.24) is 29.0 Å². The SMILES string of the molecule is C[C@@H]1CN(Cc2cnc(N3CCC(n4c(=O)c(=O)n(C)c5cc(Cl)cnc54)CC3)nc2)CCO1. The molecule has 11 heteroatoms. The molecule has 2 aliphatic heterocycles. The van der Waals surface area contributed by atoms with Crippen LogP contribution in [-0.2, 0) is 18.3 Å². The third-order valence-electron chi connectivity index (χ3n) is 6.65. The number of rotatable bonds is 4. The second-order valence-electron chi connectivity index (χ2n) is 9.06. The highest BCUT2D eigenvalue weighted by Gasteiger charge is 2.26. The number of hydrogen-bond donors (Lipinski definition) is 0. The van der Waals surface area contributed by atoms with Gasteiger partial charge >= 0.3 is 11.1 Å². The third kappa shape index (κ3) is 4.45. The first kappa shape index (κ1) is 22.9. The lowest BCUT2D eigenvalue weighted by Gasteiger charge is -2.33. The van der Waals surface area contributed by atoms with Crippen LogP contribution in [0.4, 0.5) is 5.95 Å². The average molecular weight is 486 g/mol. The molecule has 2 aliphatic rings. The molecule has 0 N–H and O–H groups in total. The average Bonchev–Trinajstić information content (AvgIpc) is 2.84. The number of hydrogen-bond acceptors (Lipinski definition) is 8. The molecule has 0 saturated carbocycles. The van der Waals surface area contributed by atoms with E-state index in [9.17, 15) is 9.59 Å². The van der Waals surface area contributed by atoms with Crippen LogP contribution >= 0.6 is 11.6 Å². The Hall–Kier alpha value is -2.82. The molecule has 3 aromatic rings. The zero-order valence-electron chi connectivity index (χ0n) is 19.4. The Labute approximate surface area is 201 Å². The lowest BCUT2D eigenvalue weighted by atomic mass is 10.0. The predicted molar refractivity (Wildman–Crippen MR) is 129 cm³/mol. The molecule has 0 spiro atoms. The topological polar surface area (TPSA) is 98.4 Å².